The highest BCUT2D eigenvalue weighted by molar-refractivity contribution is 8.00. The zero-order chi connectivity index (χ0) is 12.0. The number of thioether (sulfide) groups is 1. The van der Waals surface area contributed by atoms with Gasteiger partial charge in [0.2, 0.25) is 0 Å². The number of ether oxygens (including phenoxy) is 1. The van der Waals surface area contributed by atoms with Gasteiger partial charge in [-0.3, -0.25) is 0 Å². The van der Waals surface area contributed by atoms with Crippen LogP contribution in [0, 0.1) is 0 Å². The summed E-state index contributed by atoms with van der Waals surface area (Å²) in [6.07, 6.45) is 8.02. The lowest BCUT2D eigenvalue weighted by Crippen LogP contribution is -2.43. The number of hydrogen-bond acceptors (Lipinski definition) is 4. The molecule has 16 heavy (non-hydrogen) atoms. The molecule has 1 fully saturated rings. The first-order chi connectivity index (χ1) is 7.63. The molecule has 1 aliphatic rings. The van der Waals surface area contributed by atoms with Crippen molar-refractivity contribution in [2.24, 2.45) is 0 Å². The zero-order valence-electron chi connectivity index (χ0n) is 10.3. The predicted molar refractivity (Wildman–Crippen MR) is 68.7 cm³/mol. The standard InChI is InChI=1S/C12H21NO2S/c1-10(11(14)15-2)5-8-13-9-12(16-3)6-4-7-12/h5,13H,4,6-9H2,1-3H3. The summed E-state index contributed by atoms with van der Waals surface area (Å²) in [4.78, 5) is 11.1. The number of carbonyl (C=O) groups excluding carboxylic acids is 1. The van der Waals surface area contributed by atoms with Gasteiger partial charge >= 0.3 is 5.97 Å². The molecule has 0 bridgehead atoms. The van der Waals surface area contributed by atoms with Crippen molar-refractivity contribution in [2.45, 2.75) is 30.9 Å². The third kappa shape index (κ3) is 3.52. The molecule has 0 spiro atoms. The van der Waals surface area contributed by atoms with Gasteiger partial charge in [-0.25, -0.2) is 4.79 Å². The molecule has 0 radical (unpaired) electrons. The molecule has 0 aromatic carbocycles. The Labute approximate surface area is 102 Å². The van der Waals surface area contributed by atoms with Gasteiger partial charge in [0.15, 0.2) is 0 Å². The van der Waals surface area contributed by atoms with E-state index in [1.54, 1.807) is 6.92 Å². The highest BCUT2D eigenvalue weighted by atomic mass is 32.2. The minimum Gasteiger partial charge on any atom is -0.466 e. The molecule has 0 unspecified atom stereocenters. The van der Waals surface area contributed by atoms with Crippen LogP contribution in [-0.2, 0) is 9.53 Å². The van der Waals surface area contributed by atoms with Gasteiger partial charge in [0, 0.05) is 23.4 Å². The first kappa shape index (κ1) is 13.6. The van der Waals surface area contributed by atoms with Gasteiger partial charge in [-0.2, -0.15) is 11.8 Å². The van der Waals surface area contributed by atoms with Crippen molar-refractivity contribution in [1.29, 1.82) is 0 Å². The average molecular weight is 243 g/mol. The molecule has 92 valence electrons. The van der Waals surface area contributed by atoms with Crippen LogP contribution in [0.4, 0.5) is 0 Å². The van der Waals surface area contributed by atoms with E-state index in [1.165, 1.54) is 26.4 Å². The number of methoxy groups -OCH3 is 1. The minimum atomic E-state index is -0.245. The first-order valence-electron chi connectivity index (χ1n) is 5.64. The number of carbonyl (C=O) groups is 1. The summed E-state index contributed by atoms with van der Waals surface area (Å²) >= 11 is 1.95. The summed E-state index contributed by atoms with van der Waals surface area (Å²) in [5.74, 6) is -0.245. The second-order valence-electron chi connectivity index (χ2n) is 4.25. The fraction of sp³-hybridized carbons (Fsp3) is 0.750. The van der Waals surface area contributed by atoms with Gasteiger partial charge in [0.05, 0.1) is 7.11 Å². The largest absolute Gasteiger partial charge is 0.466 e. The fourth-order valence-electron chi connectivity index (χ4n) is 1.79. The highest BCUT2D eigenvalue weighted by Gasteiger charge is 2.35. The molecule has 1 saturated carbocycles. The van der Waals surface area contributed by atoms with E-state index in [2.05, 4.69) is 16.3 Å². The van der Waals surface area contributed by atoms with Crippen molar-refractivity contribution < 1.29 is 9.53 Å². The molecular weight excluding hydrogens is 222 g/mol. The maximum atomic E-state index is 11.1. The van der Waals surface area contributed by atoms with E-state index in [0.717, 1.165) is 13.1 Å². The van der Waals surface area contributed by atoms with E-state index in [9.17, 15) is 4.79 Å². The fourth-order valence-corrected chi connectivity index (χ4v) is 2.74. The summed E-state index contributed by atoms with van der Waals surface area (Å²) in [7, 11) is 1.41. The monoisotopic (exact) mass is 243 g/mol. The van der Waals surface area contributed by atoms with Gasteiger partial charge in [-0.1, -0.05) is 12.5 Å². The van der Waals surface area contributed by atoms with Crippen LogP contribution in [0.2, 0.25) is 0 Å². The number of hydrogen-bond donors (Lipinski definition) is 1. The van der Waals surface area contributed by atoms with E-state index in [4.69, 9.17) is 0 Å². The summed E-state index contributed by atoms with van der Waals surface area (Å²) in [5.41, 5.74) is 0.668. The summed E-state index contributed by atoms with van der Waals surface area (Å²) in [6.45, 7) is 3.55. The van der Waals surface area contributed by atoms with Crippen LogP contribution in [0.1, 0.15) is 26.2 Å². The third-order valence-electron chi connectivity index (χ3n) is 3.20. The Bertz CT molecular complexity index is 267. The van der Waals surface area contributed by atoms with Crippen LogP contribution >= 0.6 is 11.8 Å². The molecule has 0 aliphatic heterocycles. The Balaban J connectivity index is 2.23. The molecule has 4 heteroatoms. The van der Waals surface area contributed by atoms with Crippen LogP contribution in [0.5, 0.6) is 0 Å². The van der Waals surface area contributed by atoms with Crippen molar-refractivity contribution in [2.75, 3.05) is 26.5 Å². The van der Waals surface area contributed by atoms with Crippen LogP contribution in [0.15, 0.2) is 11.6 Å². The molecule has 0 aromatic rings. The molecule has 0 amide bonds. The number of rotatable bonds is 6. The van der Waals surface area contributed by atoms with E-state index < -0.39 is 0 Å². The maximum Gasteiger partial charge on any atom is 0.333 e. The van der Waals surface area contributed by atoms with Crippen LogP contribution in [0.25, 0.3) is 0 Å². The minimum absolute atomic E-state index is 0.245. The van der Waals surface area contributed by atoms with Crippen molar-refractivity contribution in [3.05, 3.63) is 11.6 Å². The van der Waals surface area contributed by atoms with Crippen LogP contribution < -0.4 is 5.32 Å². The van der Waals surface area contributed by atoms with E-state index in [0.29, 0.717) is 10.3 Å². The van der Waals surface area contributed by atoms with Crippen molar-refractivity contribution in [1.82, 2.24) is 5.32 Å². The first-order valence-corrected chi connectivity index (χ1v) is 6.87. The lowest BCUT2D eigenvalue weighted by atomic mass is 9.84. The van der Waals surface area contributed by atoms with Gasteiger partial charge in [0.1, 0.15) is 0 Å². The molecule has 0 atom stereocenters. The quantitative estimate of drug-likeness (QED) is 0.440. The lowest BCUT2D eigenvalue weighted by molar-refractivity contribution is -0.136. The van der Waals surface area contributed by atoms with Gasteiger partial charge in [-0.05, 0) is 26.0 Å². The van der Waals surface area contributed by atoms with Crippen LogP contribution in [0.3, 0.4) is 0 Å². The second kappa shape index (κ2) is 6.30. The second-order valence-corrected chi connectivity index (χ2v) is 5.52. The highest BCUT2D eigenvalue weighted by Crippen LogP contribution is 2.42. The Kier molecular flexibility index (Phi) is 5.35. The molecule has 1 rings (SSSR count). The molecule has 3 nitrogen and oxygen atoms in total. The lowest BCUT2D eigenvalue weighted by Gasteiger charge is -2.40. The molecule has 0 saturated heterocycles. The number of esters is 1. The molecule has 0 heterocycles. The Morgan fingerprint density at radius 2 is 2.25 bits per heavy atom. The molecular formula is C12H21NO2S. The third-order valence-corrected chi connectivity index (χ3v) is 4.62. The van der Waals surface area contributed by atoms with Gasteiger partial charge < -0.3 is 10.1 Å². The SMILES string of the molecule is COC(=O)C(C)=CCNCC1(SC)CCC1. The normalized spacial score (nSPS) is 19.1. The average Bonchev–Trinajstić information content (AvgIpc) is 2.25. The smallest absolute Gasteiger partial charge is 0.333 e. The Hall–Kier alpha value is -0.480. The van der Waals surface area contributed by atoms with Gasteiger partial charge in [-0.15, -0.1) is 0 Å². The predicted octanol–water partition coefficient (Wildman–Crippen LogP) is 1.98. The van der Waals surface area contributed by atoms with Crippen molar-refractivity contribution >= 4 is 17.7 Å². The van der Waals surface area contributed by atoms with Crippen molar-refractivity contribution in [3.63, 3.8) is 0 Å². The molecule has 1 aliphatic carbocycles. The summed E-state index contributed by atoms with van der Waals surface area (Å²) in [5, 5.41) is 3.38. The summed E-state index contributed by atoms with van der Waals surface area (Å²) in [6, 6.07) is 0. The van der Waals surface area contributed by atoms with Crippen molar-refractivity contribution in [3.8, 4) is 0 Å². The van der Waals surface area contributed by atoms with E-state index in [-0.39, 0.29) is 5.97 Å². The zero-order valence-corrected chi connectivity index (χ0v) is 11.2. The van der Waals surface area contributed by atoms with Crippen LogP contribution in [-0.4, -0.2) is 37.2 Å². The van der Waals surface area contributed by atoms with Gasteiger partial charge in [0.25, 0.3) is 0 Å². The number of nitrogens with one attached hydrogen (secondary N) is 1. The summed E-state index contributed by atoms with van der Waals surface area (Å²) < 4.78 is 5.08. The topological polar surface area (TPSA) is 38.3 Å². The Morgan fingerprint density at radius 3 is 2.69 bits per heavy atom. The van der Waals surface area contributed by atoms with E-state index in [1.807, 2.05) is 17.8 Å². The maximum absolute atomic E-state index is 11.1. The Morgan fingerprint density at radius 1 is 1.56 bits per heavy atom. The van der Waals surface area contributed by atoms with E-state index >= 15 is 0 Å². The molecule has 1 N–H and O–H groups in total. The molecule has 0 aromatic heterocycles.